The van der Waals surface area contributed by atoms with E-state index in [1.54, 1.807) is 30.6 Å². The number of amides is 3. The first-order valence-corrected chi connectivity index (χ1v) is 22.3. The molecule has 0 unspecified atom stereocenters. The van der Waals surface area contributed by atoms with Crippen LogP contribution in [0.4, 0.5) is 15.3 Å². The fourth-order valence-corrected chi connectivity index (χ4v) is 7.37. The molecular weight excluding hydrogens is 751 g/mol. The molecule has 3 N–H and O–H groups in total. The van der Waals surface area contributed by atoms with E-state index in [0.717, 1.165) is 31.2 Å². The molecule has 1 fully saturated rings. The summed E-state index contributed by atoms with van der Waals surface area (Å²) in [6, 6.07) is 17.6. The first-order chi connectivity index (χ1) is 28.4. The van der Waals surface area contributed by atoms with Crippen LogP contribution in [-0.2, 0) is 30.3 Å². The summed E-state index contributed by atoms with van der Waals surface area (Å²) in [5.41, 5.74) is 0.758. The number of hydrogen-bond donors (Lipinski definition) is 3. The Morgan fingerprint density at radius 3 is 1.81 bits per heavy atom. The number of nitrogens with one attached hydrogen (secondary N) is 1. The van der Waals surface area contributed by atoms with Gasteiger partial charge in [0.25, 0.3) is 0 Å². The molecule has 2 aromatic carbocycles. The molecule has 0 spiro atoms. The number of ether oxygens (including phenoxy) is 4. The third-order valence-electron chi connectivity index (χ3n) is 10.7. The predicted molar refractivity (Wildman–Crippen MR) is 232 cm³/mol. The number of para-hydroxylation sites is 1. The lowest BCUT2D eigenvalue weighted by Gasteiger charge is -2.43. The molecule has 3 amide bonds. The third kappa shape index (κ3) is 19.5. The molecule has 12 nitrogen and oxygen atoms in total. The van der Waals surface area contributed by atoms with Gasteiger partial charge in [-0.3, -0.25) is 9.69 Å². The number of methoxy groups -OCH3 is 1. The van der Waals surface area contributed by atoms with E-state index in [2.05, 4.69) is 12.2 Å². The van der Waals surface area contributed by atoms with E-state index >= 15 is 0 Å². The van der Waals surface area contributed by atoms with Crippen molar-refractivity contribution in [3.8, 4) is 0 Å². The molecule has 0 saturated carbocycles. The van der Waals surface area contributed by atoms with Gasteiger partial charge >= 0.3 is 12.2 Å². The molecule has 1 aliphatic rings. The lowest BCUT2D eigenvalue weighted by Crippen LogP contribution is -2.65. The highest BCUT2D eigenvalue weighted by Gasteiger charge is 2.46. The Labute approximate surface area is 354 Å². The molecule has 1 saturated heterocycles. The van der Waals surface area contributed by atoms with E-state index in [-0.39, 0.29) is 32.1 Å². The van der Waals surface area contributed by atoms with Crippen molar-refractivity contribution in [3.63, 3.8) is 0 Å². The smallest absolute Gasteiger partial charge is 0.414 e. The molecule has 5 atom stereocenters. The van der Waals surface area contributed by atoms with E-state index in [1.165, 1.54) is 77.7 Å². The van der Waals surface area contributed by atoms with Crippen molar-refractivity contribution in [2.75, 3.05) is 31.6 Å². The normalized spacial score (nSPS) is 19.2. The molecule has 59 heavy (non-hydrogen) atoms. The van der Waals surface area contributed by atoms with Gasteiger partial charge in [-0.05, 0) is 51.3 Å². The summed E-state index contributed by atoms with van der Waals surface area (Å²) in [6.45, 7) is 8.03. The summed E-state index contributed by atoms with van der Waals surface area (Å²) in [4.78, 5) is 43.1. The fraction of sp³-hybridized carbons (Fsp3) is 0.681. The average Bonchev–Trinajstić information content (AvgIpc) is 3.22. The number of unbranched alkanes of at least 4 members (excludes halogenated alkanes) is 14. The highest BCUT2D eigenvalue weighted by molar-refractivity contribution is 5.87. The van der Waals surface area contributed by atoms with E-state index in [9.17, 15) is 24.6 Å². The van der Waals surface area contributed by atoms with Crippen molar-refractivity contribution in [2.24, 2.45) is 0 Å². The van der Waals surface area contributed by atoms with Crippen LogP contribution in [0.2, 0.25) is 0 Å². The SMILES string of the molecule is CCCCCCCCCCCCCCCCCC(=O)N(CCCN(C(=O)OCc1ccccc1)c1ccccc1)C[C@H]1O[C@H](OC)[C@H](NC(=O)OC(C)(C)C)[C@@H](O)[C@@H]1O. The zero-order chi connectivity index (χ0) is 42.9. The summed E-state index contributed by atoms with van der Waals surface area (Å²) in [7, 11) is 1.38. The van der Waals surface area contributed by atoms with Gasteiger partial charge in [-0.25, -0.2) is 9.59 Å². The van der Waals surface area contributed by atoms with Crippen LogP contribution in [0.25, 0.3) is 0 Å². The number of hydrogen-bond acceptors (Lipinski definition) is 9. The molecule has 0 bridgehead atoms. The second kappa shape index (κ2) is 27.9. The Morgan fingerprint density at radius 1 is 0.729 bits per heavy atom. The van der Waals surface area contributed by atoms with E-state index in [4.69, 9.17) is 18.9 Å². The summed E-state index contributed by atoms with van der Waals surface area (Å²) >= 11 is 0. The maximum Gasteiger partial charge on any atom is 0.414 e. The first kappa shape index (κ1) is 49.7. The van der Waals surface area contributed by atoms with Crippen LogP contribution in [0, 0.1) is 0 Å². The van der Waals surface area contributed by atoms with Crippen molar-refractivity contribution in [1.29, 1.82) is 0 Å². The predicted octanol–water partition coefficient (Wildman–Crippen LogP) is 9.30. The van der Waals surface area contributed by atoms with Gasteiger partial charge in [0, 0.05) is 38.9 Å². The quantitative estimate of drug-likeness (QED) is 0.0750. The summed E-state index contributed by atoms with van der Waals surface area (Å²) in [5.74, 6) is -0.106. The zero-order valence-electron chi connectivity index (χ0n) is 36.7. The van der Waals surface area contributed by atoms with Gasteiger partial charge in [-0.15, -0.1) is 0 Å². The highest BCUT2D eigenvalue weighted by Crippen LogP contribution is 2.25. The number of aliphatic hydroxyl groups is 2. The molecule has 332 valence electrons. The summed E-state index contributed by atoms with van der Waals surface area (Å²) < 4.78 is 22.7. The second-order valence-electron chi connectivity index (χ2n) is 16.9. The van der Waals surface area contributed by atoms with Crippen LogP contribution in [0.15, 0.2) is 60.7 Å². The number of carbonyl (C=O) groups is 3. The minimum atomic E-state index is -1.47. The van der Waals surface area contributed by atoms with Crippen LogP contribution in [-0.4, -0.2) is 96.2 Å². The van der Waals surface area contributed by atoms with Crippen LogP contribution in [0.1, 0.15) is 142 Å². The number of anilines is 1. The van der Waals surface area contributed by atoms with Crippen molar-refractivity contribution in [3.05, 3.63) is 66.2 Å². The molecule has 0 aromatic heterocycles. The van der Waals surface area contributed by atoms with Crippen LogP contribution in [0.5, 0.6) is 0 Å². The molecular formula is C47H75N3O9. The Balaban J connectivity index is 1.59. The van der Waals surface area contributed by atoms with Gasteiger partial charge in [0.05, 0.1) is 0 Å². The Bertz CT molecular complexity index is 1440. The van der Waals surface area contributed by atoms with Gasteiger partial charge in [-0.1, -0.05) is 145 Å². The zero-order valence-corrected chi connectivity index (χ0v) is 36.7. The van der Waals surface area contributed by atoms with Gasteiger partial charge in [0.15, 0.2) is 6.29 Å². The monoisotopic (exact) mass is 826 g/mol. The number of aliphatic hydroxyl groups excluding tert-OH is 2. The average molecular weight is 826 g/mol. The van der Waals surface area contributed by atoms with Gasteiger partial charge in [0.2, 0.25) is 5.91 Å². The molecule has 12 heteroatoms. The number of nitrogens with zero attached hydrogens (tertiary/aromatic N) is 2. The van der Waals surface area contributed by atoms with Gasteiger partial charge < -0.3 is 39.4 Å². The minimum absolute atomic E-state index is 0.0292. The summed E-state index contributed by atoms with van der Waals surface area (Å²) in [5, 5.41) is 25.0. The highest BCUT2D eigenvalue weighted by atomic mass is 16.7. The van der Waals surface area contributed by atoms with Crippen molar-refractivity contribution in [1.82, 2.24) is 10.2 Å². The van der Waals surface area contributed by atoms with Crippen LogP contribution in [0.3, 0.4) is 0 Å². The fourth-order valence-electron chi connectivity index (χ4n) is 7.37. The van der Waals surface area contributed by atoms with Crippen molar-refractivity contribution < 1.29 is 43.5 Å². The minimum Gasteiger partial charge on any atom is -0.444 e. The second-order valence-corrected chi connectivity index (χ2v) is 16.9. The standard InChI is InChI=1S/C47H75N3O9/c1-6-7-8-9-10-11-12-13-14-15-16-17-18-19-26-32-40(51)49(35-39-42(52)43(53)41(44(56-5)58-39)48-45(54)59-47(2,3)4)33-27-34-50(38-30-24-21-25-31-38)46(55)57-36-37-28-22-20-23-29-37/h20-25,28-31,39,41-44,52-53H,6-19,26-27,32-36H2,1-5H3,(H,48,54)/t39-,41-,42-,43-,44+/m1/s1. The van der Waals surface area contributed by atoms with E-state index < -0.39 is 48.4 Å². The van der Waals surface area contributed by atoms with Gasteiger partial charge in [-0.2, -0.15) is 0 Å². The lowest BCUT2D eigenvalue weighted by atomic mass is 9.96. The molecule has 1 aliphatic heterocycles. The number of benzene rings is 2. The summed E-state index contributed by atoms with van der Waals surface area (Å²) in [6.07, 6.45) is 12.8. The largest absolute Gasteiger partial charge is 0.444 e. The van der Waals surface area contributed by atoms with Crippen molar-refractivity contribution >= 4 is 23.8 Å². The topological polar surface area (TPSA) is 147 Å². The maximum absolute atomic E-state index is 13.9. The lowest BCUT2D eigenvalue weighted by molar-refractivity contribution is -0.258. The third-order valence-corrected chi connectivity index (χ3v) is 10.7. The number of rotatable bonds is 27. The van der Waals surface area contributed by atoms with Gasteiger partial charge in [0.1, 0.15) is 36.6 Å². The number of alkyl carbamates (subject to hydrolysis) is 1. The van der Waals surface area contributed by atoms with E-state index in [0.29, 0.717) is 18.5 Å². The molecule has 1 heterocycles. The van der Waals surface area contributed by atoms with Crippen LogP contribution < -0.4 is 10.2 Å². The van der Waals surface area contributed by atoms with E-state index in [1.807, 2.05) is 60.7 Å². The van der Waals surface area contributed by atoms with Crippen molar-refractivity contribution in [2.45, 2.75) is 180 Å². The Morgan fingerprint density at radius 2 is 1.27 bits per heavy atom. The maximum atomic E-state index is 13.9. The Hall–Kier alpha value is -3.71. The Kier molecular flexibility index (Phi) is 23.5. The molecule has 0 aliphatic carbocycles. The molecule has 3 rings (SSSR count). The number of carbonyl (C=O) groups excluding carboxylic acids is 3. The molecule has 2 aromatic rings. The van der Waals surface area contributed by atoms with Crippen LogP contribution >= 0.6 is 0 Å². The first-order valence-electron chi connectivity index (χ1n) is 22.3. The molecule has 0 radical (unpaired) electrons.